The molecule has 142 valence electrons. The molecule has 0 saturated carbocycles. The molecule has 6 heteroatoms. The van der Waals surface area contributed by atoms with Crippen LogP contribution in [0.5, 0.6) is 0 Å². The summed E-state index contributed by atoms with van der Waals surface area (Å²) in [6, 6.07) is 7.29. The number of esters is 1. The number of aliphatic hydroxyl groups excluding tert-OH is 1. The summed E-state index contributed by atoms with van der Waals surface area (Å²) in [6.07, 6.45) is 2.97. The van der Waals surface area contributed by atoms with Gasteiger partial charge < -0.3 is 24.7 Å². The van der Waals surface area contributed by atoms with Gasteiger partial charge in [0.05, 0.1) is 19.4 Å². The zero-order valence-electron chi connectivity index (χ0n) is 15.6. The van der Waals surface area contributed by atoms with Gasteiger partial charge in [-0.05, 0) is 24.1 Å². The summed E-state index contributed by atoms with van der Waals surface area (Å²) in [6.45, 7) is 1.93. The second-order valence-electron chi connectivity index (χ2n) is 8.15. The van der Waals surface area contributed by atoms with E-state index in [0.717, 1.165) is 27.7 Å². The van der Waals surface area contributed by atoms with E-state index in [4.69, 9.17) is 4.74 Å². The molecule has 27 heavy (non-hydrogen) atoms. The molecule has 6 nitrogen and oxygen atoms in total. The van der Waals surface area contributed by atoms with Crippen molar-refractivity contribution in [3.05, 3.63) is 52.4 Å². The fourth-order valence-corrected chi connectivity index (χ4v) is 6.18. The highest BCUT2D eigenvalue weighted by Gasteiger charge is 2.70. The maximum Gasteiger partial charge on any atom is 0.320 e. The van der Waals surface area contributed by atoms with E-state index in [1.54, 1.807) is 0 Å². The van der Waals surface area contributed by atoms with Gasteiger partial charge >= 0.3 is 5.97 Å². The first-order chi connectivity index (χ1) is 13.0. The van der Waals surface area contributed by atoms with Crippen molar-refractivity contribution in [2.75, 3.05) is 20.3 Å². The zero-order chi connectivity index (χ0) is 19.0. The van der Waals surface area contributed by atoms with Gasteiger partial charge in [0.1, 0.15) is 24.0 Å². The second kappa shape index (κ2) is 5.44. The van der Waals surface area contributed by atoms with Crippen molar-refractivity contribution in [3.8, 4) is 0 Å². The number of benzene rings is 1. The summed E-state index contributed by atoms with van der Waals surface area (Å²) in [5.41, 5.74) is 2.95. The maximum atomic E-state index is 14.2. The lowest BCUT2D eigenvalue weighted by Crippen LogP contribution is -2.76. The second-order valence-corrected chi connectivity index (χ2v) is 8.15. The van der Waals surface area contributed by atoms with Crippen LogP contribution in [-0.4, -0.2) is 47.0 Å². The Balaban J connectivity index is 1.78. The Bertz CT molecular complexity index is 980. The van der Waals surface area contributed by atoms with Crippen LogP contribution in [0.3, 0.4) is 0 Å². The van der Waals surface area contributed by atoms with Crippen LogP contribution >= 0.6 is 0 Å². The summed E-state index contributed by atoms with van der Waals surface area (Å²) in [7, 11) is 1.35. The molecular formula is C21H24N2O4. The molecule has 2 N–H and O–H groups in total. The van der Waals surface area contributed by atoms with Gasteiger partial charge in [0.15, 0.2) is 0 Å². The number of hydrogen-bond acceptors (Lipinski definition) is 4. The van der Waals surface area contributed by atoms with Crippen molar-refractivity contribution < 1.29 is 19.3 Å². The minimum atomic E-state index is -1.18. The Hall–Kier alpha value is -2.15. The van der Waals surface area contributed by atoms with Gasteiger partial charge in [0, 0.05) is 29.7 Å². The Morgan fingerprint density at radius 3 is 2.96 bits per heavy atom. The van der Waals surface area contributed by atoms with Crippen molar-refractivity contribution >= 4 is 16.9 Å². The number of carbonyl (C=O) groups excluding carboxylic acids is 1. The molecule has 0 radical (unpaired) electrons. The summed E-state index contributed by atoms with van der Waals surface area (Å²) in [5, 5.41) is 25.8. The number of hydrogen-bond donors (Lipinski definition) is 2. The predicted octanol–water partition coefficient (Wildman–Crippen LogP) is 2.58. The number of fused-ring (bicyclic) bond motifs is 4. The first kappa shape index (κ1) is 17.0. The molecule has 3 saturated heterocycles. The van der Waals surface area contributed by atoms with Crippen LogP contribution in [0.2, 0.25) is 0 Å². The molecule has 1 aromatic heterocycles. The Kier molecular flexibility index (Phi) is 3.42. The predicted molar refractivity (Wildman–Crippen MR) is 100 cm³/mol. The van der Waals surface area contributed by atoms with E-state index in [1.165, 1.54) is 7.11 Å². The van der Waals surface area contributed by atoms with E-state index in [1.807, 2.05) is 31.2 Å². The van der Waals surface area contributed by atoms with Gasteiger partial charge in [0.2, 0.25) is 0 Å². The van der Waals surface area contributed by atoms with E-state index in [2.05, 4.69) is 11.1 Å². The summed E-state index contributed by atoms with van der Waals surface area (Å²) in [4.78, 5) is 16.5. The zero-order valence-corrected chi connectivity index (χ0v) is 15.6. The summed E-state index contributed by atoms with van der Waals surface area (Å²) < 4.78 is 4.66. The molecule has 1 aromatic carbocycles. The number of ether oxygens (including phenoxy) is 1. The molecule has 2 aromatic rings. The average Bonchev–Trinajstić information content (AvgIpc) is 3.05. The van der Waals surface area contributed by atoms with Gasteiger partial charge in [-0.15, -0.1) is 0 Å². The molecule has 4 aliphatic rings. The molecule has 5 heterocycles. The van der Waals surface area contributed by atoms with Crippen LogP contribution in [0.15, 0.2) is 35.9 Å². The smallest absolute Gasteiger partial charge is 0.320 e. The van der Waals surface area contributed by atoms with Gasteiger partial charge in [-0.2, -0.15) is 0 Å². The lowest BCUT2D eigenvalue weighted by atomic mass is 9.54. The molecule has 4 aliphatic heterocycles. The van der Waals surface area contributed by atoms with Crippen LogP contribution in [0.4, 0.5) is 0 Å². The number of nitrogens with one attached hydrogen (secondary N) is 1. The van der Waals surface area contributed by atoms with E-state index in [9.17, 15) is 15.1 Å². The highest BCUT2D eigenvalue weighted by molar-refractivity contribution is 5.86. The third kappa shape index (κ3) is 1.83. The normalized spacial score (nSPS) is 38.2. The van der Waals surface area contributed by atoms with Crippen molar-refractivity contribution in [3.63, 3.8) is 0 Å². The Labute approximate surface area is 157 Å². The standard InChI is InChI=1S/C21H24N2O4/c1-3-12-10-23(26)17-9-15(12)21(11-24,20(25)27-2)18(23)8-14-13-6-4-5-7-16(13)22-19(14)17/h3-7,15,17-18,22,24H,8-11H2,1-2H3/b12-3-/t15-,17-,18-,21+,23?/m0/s1. The number of aromatic amines is 1. The molecule has 1 unspecified atom stereocenters. The molecule has 0 aliphatic carbocycles. The molecule has 6 rings (SSSR count). The number of rotatable bonds is 2. The fraction of sp³-hybridized carbons (Fsp3) is 0.476. The number of para-hydroxylation sites is 1. The first-order valence-corrected chi connectivity index (χ1v) is 9.53. The summed E-state index contributed by atoms with van der Waals surface area (Å²) in [5.74, 6) is -0.623. The highest BCUT2D eigenvalue weighted by atomic mass is 16.6. The minimum Gasteiger partial charge on any atom is -0.632 e. The van der Waals surface area contributed by atoms with Gasteiger partial charge in [-0.25, -0.2) is 0 Å². The van der Waals surface area contributed by atoms with Gasteiger partial charge in [-0.1, -0.05) is 24.3 Å². The Morgan fingerprint density at radius 2 is 2.26 bits per heavy atom. The first-order valence-electron chi connectivity index (χ1n) is 9.53. The maximum absolute atomic E-state index is 14.2. The number of carbonyl (C=O) groups is 1. The molecule has 3 fully saturated rings. The van der Waals surface area contributed by atoms with Gasteiger partial charge in [-0.3, -0.25) is 4.79 Å². The van der Waals surface area contributed by atoms with Crippen molar-refractivity contribution in [2.45, 2.75) is 31.8 Å². The van der Waals surface area contributed by atoms with Crippen molar-refractivity contribution in [2.24, 2.45) is 11.3 Å². The number of hydroxylamine groups is 3. The van der Waals surface area contributed by atoms with Crippen molar-refractivity contribution in [1.29, 1.82) is 0 Å². The van der Waals surface area contributed by atoms with Crippen LogP contribution in [0, 0.1) is 16.5 Å². The topological polar surface area (TPSA) is 85.4 Å². The number of H-pyrrole nitrogens is 1. The fourth-order valence-electron chi connectivity index (χ4n) is 6.18. The average molecular weight is 368 g/mol. The number of aliphatic hydroxyl groups is 1. The SMILES string of the molecule is C/C=C1/C[N+]2([O-])[C@H]3C[C@@H]1[C@@](CO)(C(=O)OC)[C@@H]2Cc1c3[nH]c2ccccc12. The van der Waals surface area contributed by atoms with Crippen molar-refractivity contribution in [1.82, 2.24) is 4.98 Å². The van der Waals surface area contributed by atoms with E-state index >= 15 is 0 Å². The summed E-state index contributed by atoms with van der Waals surface area (Å²) >= 11 is 0. The highest BCUT2D eigenvalue weighted by Crippen LogP contribution is 2.63. The lowest BCUT2D eigenvalue weighted by molar-refractivity contribution is -0.955. The third-order valence-electron chi connectivity index (χ3n) is 7.38. The number of aromatic nitrogens is 1. The van der Waals surface area contributed by atoms with E-state index < -0.39 is 22.1 Å². The van der Waals surface area contributed by atoms with Gasteiger partial charge in [0.25, 0.3) is 0 Å². The number of nitrogens with zero attached hydrogens (tertiary/aromatic N) is 1. The quantitative estimate of drug-likeness (QED) is 0.369. The molecular weight excluding hydrogens is 344 g/mol. The number of piperidine rings is 3. The Morgan fingerprint density at radius 1 is 1.48 bits per heavy atom. The van der Waals surface area contributed by atoms with Crippen LogP contribution in [-0.2, 0) is 16.0 Å². The molecule has 5 atom stereocenters. The van der Waals surface area contributed by atoms with Crippen LogP contribution < -0.4 is 0 Å². The number of methoxy groups -OCH3 is 1. The van der Waals surface area contributed by atoms with E-state index in [-0.39, 0.29) is 18.6 Å². The van der Waals surface area contributed by atoms with Crippen LogP contribution in [0.25, 0.3) is 10.9 Å². The van der Waals surface area contributed by atoms with E-state index in [0.29, 0.717) is 19.4 Å². The minimum absolute atomic E-state index is 0.163. The lowest BCUT2D eigenvalue weighted by Gasteiger charge is -2.69. The van der Waals surface area contributed by atoms with Crippen LogP contribution in [0.1, 0.15) is 30.6 Å². The molecule has 0 amide bonds. The number of quaternary nitrogens is 1. The molecule has 4 bridgehead atoms. The molecule has 0 spiro atoms. The number of allylic oxidation sites excluding steroid dienone is 1. The third-order valence-corrected chi connectivity index (χ3v) is 7.38. The largest absolute Gasteiger partial charge is 0.632 e. The monoisotopic (exact) mass is 368 g/mol.